The molecule has 0 amide bonds. The van der Waals surface area contributed by atoms with E-state index >= 15 is 0 Å². The van der Waals surface area contributed by atoms with Crippen molar-refractivity contribution < 1.29 is 4.42 Å². The maximum absolute atomic E-state index is 6.08. The first-order valence-corrected chi connectivity index (χ1v) is 12.0. The molecule has 2 heteroatoms. The van der Waals surface area contributed by atoms with Gasteiger partial charge in [-0.1, -0.05) is 74.5 Å². The first-order chi connectivity index (χ1) is 16.7. The summed E-state index contributed by atoms with van der Waals surface area (Å²) in [6.45, 7) is 4.63. The zero-order valence-corrected chi connectivity index (χ0v) is 19.3. The number of allylic oxidation sites excluding steroid dienone is 4. The van der Waals surface area contributed by atoms with E-state index in [1.807, 2.05) is 12.1 Å². The maximum Gasteiger partial charge on any atom is 0.135 e. The van der Waals surface area contributed by atoms with E-state index in [-0.39, 0.29) is 0 Å². The fourth-order valence-electron chi connectivity index (χ4n) is 5.58. The molecule has 0 saturated heterocycles. The summed E-state index contributed by atoms with van der Waals surface area (Å²) in [4.78, 5) is 0. The number of para-hydroxylation sites is 2. The van der Waals surface area contributed by atoms with Gasteiger partial charge in [0.2, 0.25) is 0 Å². The molecule has 0 saturated carbocycles. The van der Waals surface area contributed by atoms with Crippen LogP contribution >= 0.6 is 0 Å². The monoisotopic (exact) mass is 439 g/mol. The first kappa shape index (κ1) is 19.4. The van der Waals surface area contributed by atoms with Gasteiger partial charge in [0.05, 0.1) is 11.0 Å². The quantitative estimate of drug-likeness (QED) is 0.263. The van der Waals surface area contributed by atoms with E-state index in [4.69, 9.17) is 4.42 Å². The van der Waals surface area contributed by atoms with Crippen LogP contribution in [0.4, 0.5) is 0 Å². The van der Waals surface area contributed by atoms with Gasteiger partial charge in [-0.25, -0.2) is 0 Å². The van der Waals surface area contributed by atoms with Crippen molar-refractivity contribution in [1.29, 1.82) is 0 Å². The van der Waals surface area contributed by atoms with E-state index in [1.54, 1.807) is 0 Å². The predicted octanol–water partition coefficient (Wildman–Crippen LogP) is 8.91. The van der Waals surface area contributed by atoms with Crippen LogP contribution in [-0.2, 0) is 0 Å². The molecule has 0 aliphatic heterocycles. The molecule has 2 aromatic heterocycles. The Morgan fingerprint density at radius 3 is 2.35 bits per heavy atom. The van der Waals surface area contributed by atoms with Gasteiger partial charge < -0.3 is 8.98 Å². The Morgan fingerprint density at radius 1 is 0.676 bits per heavy atom. The van der Waals surface area contributed by atoms with Crippen molar-refractivity contribution in [2.75, 3.05) is 0 Å². The van der Waals surface area contributed by atoms with Gasteiger partial charge >= 0.3 is 0 Å². The van der Waals surface area contributed by atoms with Gasteiger partial charge in [0, 0.05) is 27.2 Å². The number of rotatable bonds is 2. The molecule has 1 unspecified atom stereocenters. The van der Waals surface area contributed by atoms with Crippen LogP contribution in [0.3, 0.4) is 0 Å². The van der Waals surface area contributed by atoms with Gasteiger partial charge in [-0.2, -0.15) is 0 Å². The molecular formula is C32H25NO. The average molecular weight is 440 g/mol. The van der Waals surface area contributed by atoms with Crippen molar-refractivity contribution in [1.82, 2.24) is 4.57 Å². The van der Waals surface area contributed by atoms with Crippen molar-refractivity contribution >= 4 is 49.3 Å². The summed E-state index contributed by atoms with van der Waals surface area (Å²) in [5.74, 6) is 1.06. The van der Waals surface area contributed by atoms with Crippen LogP contribution in [0, 0.1) is 11.8 Å². The zero-order valence-electron chi connectivity index (χ0n) is 19.3. The van der Waals surface area contributed by atoms with Gasteiger partial charge in [-0.3, -0.25) is 0 Å². The second kappa shape index (κ2) is 7.23. The molecule has 7 rings (SSSR count). The highest BCUT2D eigenvalue weighted by Gasteiger charge is 2.20. The summed E-state index contributed by atoms with van der Waals surface area (Å²) in [5.41, 5.74) is 8.19. The van der Waals surface area contributed by atoms with E-state index in [2.05, 4.69) is 109 Å². The van der Waals surface area contributed by atoms with Crippen LogP contribution in [0.25, 0.3) is 55.0 Å². The minimum absolute atomic E-state index is 0.507. The minimum atomic E-state index is 0.507. The summed E-state index contributed by atoms with van der Waals surface area (Å²) < 4.78 is 8.47. The molecule has 2 nitrogen and oxygen atoms in total. The van der Waals surface area contributed by atoms with Gasteiger partial charge in [-0.05, 0) is 65.4 Å². The lowest BCUT2D eigenvalue weighted by Gasteiger charge is -2.23. The van der Waals surface area contributed by atoms with E-state index in [0.29, 0.717) is 11.8 Å². The summed E-state index contributed by atoms with van der Waals surface area (Å²) in [6.07, 6.45) is 6.79. The highest BCUT2D eigenvalue weighted by atomic mass is 16.3. The molecule has 164 valence electrons. The Bertz CT molecular complexity index is 1790. The lowest BCUT2D eigenvalue weighted by Crippen LogP contribution is -2.10. The zero-order chi connectivity index (χ0) is 22.8. The van der Waals surface area contributed by atoms with Crippen molar-refractivity contribution in [2.24, 2.45) is 11.8 Å². The number of hydrogen-bond acceptors (Lipinski definition) is 1. The summed E-state index contributed by atoms with van der Waals surface area (Å²) in [5, 5.41) is 4.88. The molecule has 1 aliphatic rings. The fraction of sp³-hybridized carbons (Fsp3) is 0.125. The number of benzene rings is 4. The Labute approximate surface area is 198 Å². The Hall–Kier alpha value is -4.04. The molecule has 2 atom stereocenters. The maximum atomic E-state index is 6.08. The topological polar surface area (TPSA) is 18.1 Å². The van der Waals surface area contributed by atoms with Gasteiger partial charge in [0.1, 0.15) is 11.2 Å². The molecule has 0 radical (unpaired) electrons. The molecule has 0 bridgehead atoms. The number of hydrogen-bond donors (Lipinski definition) is 0. The lowest BCUT2D eigenvalue weighted by atomic mass is 9.81. The molecule has 6 aromatic rings. The number of aromatic nitrogens is 1. The Balaban J connectivity index is 1.49. The third-order valence-corrected chi connectivity index (χ3v) is 7.59. The van der Waals surface area contributed by atoms with Crippen LogP contribution in [0.2, 0.25) is 0 Å². The SMILES string of the molecule is CC1C(c2ccc3c(c2)c2ccccc2n3-c2ccc3oc4ccccc4c3c2)=CC=C[C@@H]1C. The molecule has 0 spiro atoms. The highest BCUT2D eigenvalue weighted by molar-refractivity contribution is 6.11. The normalized spacial score (nSPS) is 18.4. The second-order valence-electron chi connectivity index (χ2n) is 9.52. The van der Waals surface area contributed by atoms with Gasteiger partial charge in [-0.15, -0.1) is 0 Å². The molecule has 4 aromatic carbocycles. The smallest absolute Gasteiger partial charge is 0.135 e. The largest absolute Gasteiger partial charge is 0.456 e. The predicted molar refractivity (Wildman–Crippen MR) is 144 cm³/mol. The minimum Gasteiger partial charge on any atom is -0.456 e. The lowest BCUT2D eigenvalue weighted by molar-refractivity contribution is 0.568. The van der Waals surface area contributed by atoms with Crippen molar-refractivity contribution in [3.8, 4) is 5.69 Å². The van der Waals surface area contributed by atoms with Crippen LogP contribution in [-0.4, -0.2) is 4.57 Å². The van der Waals surface area contributed by atoms with Crippen LogP contribution in [0.1, 0.15) is 19.4 Å². The number of furan rings is 1. The third kappa shape index (κ3) is 2.75. The van der Waals surface area contributed by atoms with Crippen LogP contribution < -0.4 is 0 Å². The Morgan fingerprint density at radius 2 is 1.44 bits per heavy atom. The second-order valence-corrected chi connectivity index (χ2v) is 9.52. The number of nitrogens with zero attached hydrogens (tertiary/aromatic N) is 1. The average Bonchev–Trinajstić information content (AvgIpc) is 3.40. The molecule has 1 aliphatic carbocycles. The summed E-state index contributed by atoms with van der Waals surface area (Å²) in [7, 11) is 0. The summed E-state index contributed by atoms with van der Waals surface area (Å²) >= 11 is 0. The third-order valence-electron chi connectivity index (χ3n) is 7.59. The van der Waals surface area contributed by atoms with E-state index in [1.165, 1.54) is 32.9 Å². The summed E-state index contributed by atoms with van der Waals surface area (Å²) in [6, 6.07) is 30.5. The van der Waals surface area contributed by atoms with Crippen molar-refractivity contribution in [2.45, 2.75) is 13.8 Å². The number of fused-ring (bicyclic) bond motifs is 6. The molecule has 34 heavy (non-hydrogen) atoms. The molecular weight excluding hydrogens is 414 g/mol. The van der Waals surface area contributed by atoms with Crippen LogP contribution in [0.5, 0.6) is 0 Å². The first-order valence-electron chi connectivity index (χ1n) is 12.0. The van der Waals surface area contributed by atoms with Gasteiger partial charge in [0.25, 0.3) is 0 Å². The van der Waals surface area contributed by atoms with Crippen molar-refractivity contribution in [3.05, 3.63) is 109 Å². The van der Waals surface area contributed by atoms with E-state index in [0.717, 1.165) is 27.6 Å². The van der Waals surface area contributed by atoms with Crippen LogP contribution in [0.15, 0.2) is 108 Å². The standard InChI is InChI=1S/C32H25NO/c1-20-8-7-11-24(21(20)2)22-14-16-30-27(18-22)25-9-3-5-12-29(25)33(30)23-15-17-32-28(19-23)26-10-4-6-13-31(26)34-32/h3-21H,1-2H3/t20-,21?/m0/s1. The van der Waals surface area contributed by atoms with Crippen molar-refractivity contribution in [3.63, 3.8) is 0 Å². The fourth-order valence-corrected chi connectivity index (χ4v) is 5.58. The molecule has 0 N–H and O–H groups in total. The Kier molecular flexibility index (Phi) is 4.13. The highest BCUT2D eigenvalue weighted by Crippen LogP contribution is 2.39. The van der Waals surface area contributed by atoms with E-state index in [9.17, 15) is 0 Å². The van der Waals surface area contributed by atoms with E-state index < -0.39 is 0 Å². The van der Waals surface area contributed by atoms with Gasteiger partial charge in [0.15, 0.2) is 0 Å². The molecule has 2 heterocycles. The molecule has 0 fully saturated rings.